The van der Waals surface area contributed by atoms with E-state index in [4.69, 9.17) is 4.42 Å². The van der Waals surface area contributed by atoms with Crippen LogP contribution in [-0.2, 0) is 21.2 Å². The van der Waals surface area contributed by atoms with Gasteiger partial charge in [0.15, 0.2) is 20.8 Å². The molecule has 1 aliphatic rings. The summed E-state index contributed by atoms with van der Waals surface area (Å²) in [6.07, 6.45) is 3.83. The Balaban J connectivity index is 1.77. The van der Waals surface area contributed by atoms with Crippen LogP contribution in [0.15, 0.2) is 34.6 Å². The van der Waals surface area contributed by atoms with Crippen LogP contribution in [0.4, 0.5) is 0 Å². The smallest absolute Gasteiger partial charge is 0.235 e. The predicted octanol–water partition coefficient (Wildman–Crippen LogP) is 2.16. The zero-order chi connectivity index (χ0) is 20.5. The van der Waals surface area contributed by atoms with E-state index >= 15 is 0 Å². The molecular weight excluding hydrogens is 400 g/mol. The fourth-order valence-corrected chi connectivity index (χ4v) is 5.98. The van der Waals surface area contributed by atoms with Crippen LogP contribution in [0.3, 0.4) is 0 Å². The lowest BCUT2D eigenvalue weighted by atomic mass is 10.2. The maximum Gasteiger partial charge on any atom is 0.235 e. The highest BCUT2D eigenvalue weighted by Crippen LogP contribution is 2.30. The molecular formula is C18H24N4O4S2. The van der Waals surface area contributed by atoms with E-state index < -0.39 is 15.1 Å². The molecule has 2 atom stereocenters. The molecule has 0 spiro atoms. The summed E-state index contributed by atoms with van der Waals surface area (Å²) in [7, 11) is -1.38. The van der Waals surface area contributed by atoms with E-state index in [9.17, 15) is 13.2 Å². The van der Waals surface area contributed by atoms with Gasteiger partial charge in [0.25, 0.3) is 0 Å². The van der Waals surface area contributed by atoms with E-state index in [1.165, 1.54) is 11.8 Å². The molecule has 2 aromatic rings. The minimum atomic E-state index is -3.05. The van der Waals surface area contributed by atoms with Crippen LogP contribution in [0.1, 0.15) is 19.1 Å². The van der Waals surface area contributed by atoms with Gasteiger partial charge >= 0.3 is 0 Å². The summed E-state index contributed by atoms with van der Waals surface area (Å²) in [6.45, 7) is 7.93. The number of carbonyl (C=O) groups is 1. The molecule has 3 heterocycles. The third-order valence-corrected chi connectivity index (χ3v) is 7.68. The number of allylic oxidation sites excluding steroid dienone is 1. The van der Waals surface area contributed by atoms with Gasteiger partial charge in [-0.1, -0.05) is 17.8 Å². The topological polar surface area (TPSA) is 98.3 Å². The normalized spacial score (nSPS) is 19.5. The summed E-state index contributed by atoms with van der Waals surface area (Å²) in [5.74, 6) is 1.44. The molecule has 0 radical (unpaired) electrons. The molecule has 1 fully saturated rings. The number of amides is 1. The first-order chi connectivity index (χ1) is 13.2. The first-order valence-corrected chi connectivity index (χ1v) is 11.7. The quantitative estimate of drug-likeness (QED) is 0.496. The van der Waals surface area contributed by atoms with Crippen LogP contribution in [-0.4, -0.2) is 63.8 Å². The second-order valence-electron chi connectivity index (χ2n) is 6.86. The Morgan fingerprint density at radius 2 is 2.29 bits per heavy atom. The first-order valence-electron chi connectivity index (χ1n) is 8.96. The van der Waals surface area contributed by atoms with Crippen LogP contribution >= 0.6 is 11.8 Å². The van der Waals surface area contributed by atoms with Crippen molar-refractivity contribution in [1.82, 2.24) is 19.7 Å². The number of hydrogen-bond donors (Lipinski definition) is 0. The van der Waals surface area contributed by atoms with Crippen molar-refractivity contribution >= 4 is 27.5 Å². The SMILES string of the molecule is C=CCn1c(S[C@@H](C)C(=O)N(C)[C@@H]2CCS(=O)(=O)C2)nnc1-c1ccoc1C. The Morgan fingerprint density at radius 1 is 1.54 bits per heavy atom. The van der Waals surface area contributed by atoms with Gasteiger partial charge in [0.2, 0.25) is 5.91 Å². The maximum absolute atomic E-state index is 12.8. The highest BCUT2D eigenvalue weighted by atomic mass is 32.2. The summed E-state index contributed by atoms with van der Waals surface area (Å²) in [6, 6.07) is 1.56. The first kappa shape index (κ1) is 20.7. The van der Waals surface area contributed by atoms with E-state index in [1.807, 2.05) is 17.6 Å². The molecule has 28 heavy (non-hydrogen) atoms. The Labute approximate surface area is 168 Å². The van der Waals surface area contributed by atoms with Gasteiger partial charge in [-0.3, -0.25) is 9.36 Å². The largest absolute Gasteiger partial charge is 0.469 e. The zero-order valence-corrected chi connectivity index (χ0v) is 17.8. The van der Waals surface area contributed by atoms with Crippen LogP contribution in [0, 0.1) is 6.92 Å². The van der Waals surface area contributed by atoms with E-state index in [0.29, 0.717) is 23.9 Å². The molecule has 1 saturated heterocycles. The highest BCUT2D eigenvalue weighted by molar-refractivity contribution is 8.00. The lowest BCUT2D eigenvalue weighted by Crippen LogP contribution is -2.41. The van der Waals surface area contributed by atoms with Gasteiger partial charge in [-0.25, -0.2) is 8.42 Å². The molecule has 0 saturated carbocycles. The number of nitrogens with zero attached hydrogens (tertiary/aromatic N) is 4. The Morgan fingerprint density at radius 3 is 2.86 bits per heavy atom. The molecule has 3 rings (SSSR count). The summed E-state index contributed by atoms with van der Waals surface area (Å²) in [5, 5.41) is 8.70. The fourth-order valence-electron chi connectivity index (χ4n) is 3.24. The van der Waals surface area contributed by atoms with Gasteiger partial charge in [-0.15, -0.1) is 16.8 Å². The maximum atomic E-state index is 12.8. The molecule has 1 amide bonds. The molecule has 0 bridgehead atoms. The number of aromatic nitrogens is 3. The van der Waals surface area contributed by atoms with Gasteiger partial charge in [-0.05, 0) is 26.3 Å². The highest BCUT2D eigenvalue weighted by Gasteiger charge is 2.34. The molecule has 0 aliphatic carbocycles. The molecule has 0 unspecified atom stereocenters. The molecule has 8 nitrogen and oxygen atoms in total. The monoisotopic (exact) mass is 424 g/mol. The molecule has 2 aromatic heterocycles. The third-order valence-electron chi connectivity index (χ3n) is 4.86. The molecule has 0 N–H and O–H groups in total. The second-order valence-corrected chi connectivity index (χ2v) is 10.4. The van der Waals surface area contributed by atoms with Gasteiger partial charge < -0.3 is 9.32 Å². The van der Waals surface area contributed by atoms with Crippen LogP contribution < -0.4 is 0 Å². The average Bonchev–Trinajstić information content (AvgIpc) is 3.33. The van der Waals surface area contributed by atoms with Crippen LogP contribution in [0.2, 0.25) is 0 Å². The van der Waals surface area contributed by atoms with Crippen molar-refractivity contribution < 1.29 is 17.6 Å². The Bertz CT molecular complexity index is 980. The van der Waals surface area contributed by atoms with Gasteiger partial charge in [0.05, 0.1) is 28.6 Å². The summed E-state index contributed by atoms with van der Waals surface area (Å²) in [4.78, 5) is 14.4. The Kier molecular flexibility index (Phi) is 5.99. The summed E-state index contributed by atoms with van der Waals surface area (Å²) < 4.78 is 30.7. The lowest BCUT2D eigenvalue weighted by molar-refractivity contribution is -0.130. The number of aryl methyl sites for hydroxylation is 1. The van der Waals surface area contributed by atoms with Crippen molar-refractivity contribution in [2.24, 2.45) is 0 Å². The van der Waals surface area contributed by atoms with Crippen molar-refractivity contribution in [3.63, 3.8) is 0 Å². The van der Waals surface area contributed by atoms with Gasteiger partial charge in [0.1, 0.15) is 5.76 Å². The van der Waals surface area contributed by atoms with Gasteiger partial charge in [0, 0.05) is 19.6 Å². The Hall–Kier alpha value is -2.07. The van der Waals surface area contributed by atoms with Crippen LogP contribution in [0.5, 0.6) is 0 Å². The zero-order valence-electron chi connectivity index (χ0n) is 16.2. The number of hydrogen-bond acceptors (Lipinski definition) is 7. The summed E-state index contributed by atoms with van der Waals surface area (Å²) in [5.41, 5.74) is 0.841. The predicted molar refractivity (Wildman–Crippen MR) is 108 cm³/mol. The fraction of sp³-hybridized carbons (Fsp3) is 0.500. The lowest BCUT2D eigenvalue weighted by Gasteiger charge is -2.26. The van der Waals surface area contributed by atoms with Gasteiger partial charge in [-0.2, -0.15) is 0 Å². The van der Waals surface area contributed by atoms with Crippen molar-refractivity contribution in [1.29, 1.82) is 0 Å². The summed E-state index contributed by atoms with van der Waals surface area (Å²) >= 11 is 1.30. The minimum absolute atomic E-state index is 0.0309. The number of furan rings is 1. The van der Waals surface area contributed by atoms with Crippen molar-refractivity contribution in [3.05, 3.63) is 30.7 Å². The molecule has 1 aliphatic heterocycles. The average molecular weight is 425 g/mol. The number of sulfone groups is 1. The van der Waals surface area contributed by atoms with E-state index in [-0.39, 0.29) is 23.5 Å². The van der Waals surface area contributed by atoms with Crippen LogP contribution in [0.25, 0.3) is 11.4 Å². The van der Waals surface area contributed by atoms with E-state index in [0.717, 1.165) is 11.3 Å². The second kappa shape index (κ2) is 8.12. The van der Waals surface area contributed by atoms with Crippen molar-refractivity contribution in [2.45, 2.75) is 43.3 Å². The van der Waals surface area contributed by atoms with E-state index in [2.05, 4.69) is 16.8 Å². The minimum Gasteiger partial charge on any atom is -0.469 e. The molecule has 152 valence electrons. The third kappa shape index (κ3) is 4.17. The van der Waals surface area contributed by atoms with Crippen molar-refractivity contribution in [3.8, 4) is 11.4 Å². The number of thioether (sulfide) groups is 1. The number of carbonyl (C=O) groups excluding carboxylic acids is 1. The van der Waals surface area contributed by atoms with Crippen molar-refractivity contribution in [2.75, 3.05) is 18.6 Å². The van der Waals surface area contributed by atoms with E-state index in [1.54, 1.807) is 31.2 Å². The molecule has 0 aromatic carbocycles. The molecule has 10 heteroatoms. The standard InChI is InChI=1S/C18H24N4O4S2/c1-5-8-22-16(15-6-9-26-12(15)2)19-20-18(22)27-13(3)17(23)21(4)14-7-10-28(24,25)11-14/h5-6,9,13-14H,1,7-8,10-11H2,2-4H3/t13-,14+/m0/s1. The number of rotatable bonds is 7.